The zero-order valence-corrected chi connectivity index (χ0v) is 19.1. The maximum atomic E-state index is 9.50. The molecule has 0 radical (unpaired) electrons. The van der Waals surface area contributed by atoms with Gasteiger partial charge < -0.3 is 8.83 Å². The molecule has 0 saturated heterocycles. The van der Waals surface area contributed by atoms with E-state index in [1.807, 2.05) is 60.7 Å². The number of fused-ring (bicyclic) bond motifs is 9. The summed E-state index contributed by atoms with van der Waals surface area (Å²) in [7, 11) is 0. The monoisotopic (exact) mass is 459 g/mol. The van der Waals surface area contributed by atoms with Gasteiger partial charge in [0.1, 0.15) is 22.3 Å². The lowest BCUT2D eigenvalue weighted by Crippen LogP contribution is -1.87. The number of rotatable bonds is 1. The molecule has 0 saturated carbocycles. The molecule has 166 valence electrons. The van der Waals surface area contributed by atoms with Gasteiger partial charge in [0.25, 0.3) is 0 Å². The zero-order valence-electron chi connectivity index (χ0n) is 19.1. The molecule has 36 heavy (non-hydrogen) atoms. The number of para-hydroxylation sites is 2. The van der Waals surface area contributed by atoms with Crippen LogP contribution >= 0.6 is 0 Å². The molecule has 2 heterocycles. The third-order valence-electron chi connectivity index (χ3n) is 7.27. The summed E-state index contributed by atoms with van der Waals surface area (Å²) in [6.45, 7) is 0. The quantitative estimate of drug-likeness (QED) is 0.230. The Labute approximate surface area is 205 Å². The standard InChI is InChI=1S/C33H17NO2/c34-18-19-13-14-20-16-26(22-8-2-1-7-21(22)25(20)15-19)31-32-27(23-9-3-5-11-29(23)35-32)17-28-24-10-4-6-12-30(24)36-33(28)31/h1-17H. The van der Waals surface area contributed by atoms with Crippen molar-refractivity contribution in [2.45, 2.75) is 0 Å². The number of nitriles is 1. The minimum absolute atomic E-state index is 0.652. The highest BCUT2D eigenvalue weighted by molar-refractivity contribution is 6.25. The van der Waals surface area contributed by atoms with Crippen LogP contribution in [0.1, 0.15) is 5.56 Å². The summed E-state index contributed by atoms with van der Waals surface area (Å²) in [6.07, 6.45) is 0. The largest absolute Gasteiger partial charge is 0.455 e. The van der Waals surface area contributed by atoms with Crippen LogP contribution in [-0.4, -0.2) is 0 Å². The van der Waals surface area contributed by atoms with Gasteiger partial charge in [0.2, 0.25) is 0 Å². The van der Waals surface area contributed by atoms with Gasteiger partial charge >= 0.3 is 0 Å². The summed E-state index contributed by atoms with van der Waals surface area (Å²) in [5.41, 5.74) is 6.01. The molecule has 0 unspecified atom stereocenters. The molecular weight excluding hydrogens is 442 g/mol. The molecule has 0 spiro atoms. The Morgan fingerprint density at radius 1 is 0.500 bits per heavy atom. The van der Waals surface area contributed by atoms with E-state index in [2.05, 4.69) is 48.5 Å². The van der Waals surface area contributed by atoms with E-state index in [0.29, 0.717) is 5.56 Å². The lowest BCUT2D eigenvalue weighted by Gasteiger charge is -2.12. The summed E-state index contributed by atoms with van der Waals surface area (Å²) < 4.78 is 13.1. The van der Waals surface area contributed by atoms with Crippen LogP contribution in [0.5, 0.6) is 0 Å². The molecule has 6 aromatic carbocycles. The predicted octanol–water partition coefficient (Wildman–Crippen LogP) is 9.33. The SMILES string of the molecule is N#Cc1ccc2cc(-c3c4oc5ccccc5c4cc4c3oc3ccccc34)c3ccccc3c2c1. The third-order valence-corrected chi connectivity index (χ3v) is 7.27. The Kier molecular flexibility index (Phi) is 3.73. The van der Waals surface area contributed by atoms with Crippen LogP contribution in [0.4, 0.5) is 0 Å². The Balaban J connectivity index is 1.64. The lowest BCUT2D eigenvalue weighted by atomic mass is 9.90. The molecule has 0 aliphatic rings. The van der Waals surface area contributed by atoms with Gasteiger partial charge in [0.15, 0.2) is 0 Å². The van der Waals surface area contributed by atoms with Gasteiger partial charge in [-0.05, 0) is 63.5 Å². The second-order valence-electron chi connectivity index (χ2n) is 9.22. The second kappa shape index (κ2) is 6.97. The number of hydrogen-bond donors (Lipinski definition) is 0. The molecule has 3 heteroatoms. The van der Waals surface area contributed by atoms with Crippen molar-refractivity contribution in [2.24, 2.45) is 0 Å². The number of furan rings is 2. The van der Waals surface area contributed by atoms with E-state index in [4.69, 9.17) is 8.83 Å². The Morgan fingerprint density at radius 2 is 1.08 bits per heavy atom. The maximum Gasteiger partial charge on any atom is 0.147 e. The molecule has 3 nitrogen and oxygen atoms in total. The molecule has 8 rings (SSSR count). The number of benzene rings is 6. The van der Waals surface area contributed by atoms with Crippen molar-refractivity contribution in [3.8, 4) is 17.2 Å². The fourth-order valence-electron chi connectivity index (χ4n) is 5.66. The third kappa shape index (κ3) is 2.50. The molecular formula is C33H17NO2. The van der Waals surface area contributed by atoms with E-state index in [1.54, 1.807) is 0 Å². The molecule has 0 amide bonds. The molecule has 0 bridgehead atoms. The highest BCUT2D eigenvalue weighted by Crippen LogP contribution is 2.47. The zero-order chi connectivity index (χ0) is 23.8. The van der Waals surface area contributed by atoms with Gasteiger partial charge in [-0.25, -0.2) is 0 Å². The molecule has 0 fully saturated rings. The lowest BCUT2D eigenvalue weighted by molar-refractivity contribution is 0.658. The smallest absolute Gasteiger partial charge is 0.147 e. The van der Waals surface area contributed by atoms with Gasteiger partial charge in [-0.15, -0.1) is 0 Å². The Bertz CT molecular complexity index is 2130. The average Bonchev–Trinajstić information content (AvgIpc) is 3.49. The average molecular weight is 460 g/mol. The normalized spacial score (nSPS) is 11.9. The van der Waals surface area contributed by atoms with Gasteiger partial charge in [-0.1, -0.05) is 66.7 Å². The number of hydrogen-bond acceptors (Lipinski definition) is 3. The van der Waals surface area contributed by atoms with E-state index in [1.165, 1.54) is 0 Å². The van der Waals surface area contributed by atoms with Gasteiger partial charge in [-0.3, -0.25) is 0 Å². The van der Waals surface area contributed by atoms with E-state index >= 15 is 0 Å². The van der Waals surface area contributed by atoms with Crippen molar-refractivity contribution in [2.75, 3.05) is 0 Å². The summed E-state index contributed by atoms with van der Waals surface area (Å²) in [5.74, 6) is 0. The maximum absolute atomic E-state index is 9.50. The van der Waals surface area contributed by atoms with Crippen LogP contribution in [0.15, 0.2) is 112 Å². The summed E-state index contributed by atoms with van der Waals surface area (Å²) >= 11 is 0. The van der Waals surface area contributed by atoms with Crippen molar-refractivity contribution in [3.05, 3.63) is 109 Å². The molecule has 0 N–H and O–H groups in total. The minimum Gasteiger partial charge on any atom is -0.455 e. The second-order valence-corrected chi connectivity index (χ2v) is 9.22. The molecule has 8 aromatic rings. The van der Waals surface area contributed by atoms with E-state index in [-0.39, 0.29) is 0 Å². The van der Waals surface area contributed by atoms with Crippen LogP contribution < -0.4 is 0 Å². The van der Waals surface area contributed by atoms with E-state index < -0.39 is 0 Å². The van der Waals surface area contributed by atoms with Crippen LogP contribution in [0.3, 0.4) is 0 Å². The first kappa shape index (κ1) is 19.3. The first-order chi connectivity index (χ1) is 17.8. The predicted molar refractivity (Wildman–Crippen MR) is 146 cm³/mol. The highest BCUT2D eigenvalue weighted by atomic mass is 16.3. The van der Waals surface area contributed by atoms with Crippen molar-refractivity contribution < 1.29 is 8.83 Å². The number of nitrogens with zero attached hydrogens (tertiary/aromatic N) is 1. The van der Waals surface area contributed by atoms with Gasteiger partial charge in [-0.2, -0.15) is 5.26 Å². The van der Waals surface area contributed by atoms with E-state index in [0.717, 1.165) is 76.5 Å². The van der Waals surface area contributed by atoms with Crippen LogP contribution in [-0.2, 0) is 0 Å². The van der Waals surface area contributed by atoms with Crippen LogP contribution in [0, 0.1) is 11.3 Å². The first-order valence-electron chi connectivity index (χ1n) is 11.9. The highest BCUT2D eigenvalue weighted by Gasteiger charge is 2.22. The van der Waals surface area contributed by atoms with Crippen LogP contribution in [0.2, 0.25) is 0 Å². The summed E-state index contributed by atoms with van der Waals surface area (Å²) in [4.78, 5) is 0. The van der Waals surface area contributed by atoms with Gasteiger partial charge in [0.05, 0.1) is 17.2 Å². The van der Waals surface area contributed by atoms with Crippen molar-refractivity contribution in [1.82, 2.24) is 0 Å². The minimum atomic E-state index is 0.652. The van der Waals surface area contributed by atoms with Crippen molar-refractivity contribution in [3.63, 3.8) is 0 Å². The van der Waals surface area contributed by atoms with E-state index in [9.17, 15) is 5.26 Å². The summed E-state index contributed by atoms with van der Waals surface area (Å²) in [5, 5.41) is 18.1. The van der Waals surface area contributed by atoms with Crippen molar-refractivity contribution in [1.29, 1.82) is 5.26 Å². The fourth-order valence-corrected chi connectivity index (χ4v) is 5.66. The fraction of sp³-hybridized carbons (Fsp3) is 0. The first-order valence-corrected chi connectivity index (χ1v) is 11.9. The molecule has 0 atom stereocenters. The summed E-state index contributed by atoms with van der Waals surface area (Å²) in [6, 6.07) is 37.3. The Hall–Kier alpha value is -5.07. The molecule has 0 aliphatic heterocycles. The van der Waals surface area contributed by atoms with Gasteiger partial charge in [0, 0.05) is 21.5 Å². The topological polar surface area (TPSA) is 50.1 Å². The molecule has 0 aliphatic carbocycles. The van der Waals surface area contributed by atoms with Crippen molar-refractivity contribution >= 4 is 65.4 Å². The molecule has 2 aromatic heterocycles. The van der Waals surface area contributed by atoms with Crippen LogP contribution in [0.25, 0.3) is 76.5 Å². The Morgan fingerprint density at radius 3 is 1.72 bits per heavy atom.